The summed E-state index contributed by atoms with van der Waals surface area (Å²) in [6, 6.07) is 17.6. The van der Waals surface area contributed by atoms with Crippen molar-refractivity contribution in [3.63, 3.8) is 0 Å². The summed E-state index contributed by atoms with van der Waals surface area (Å²) in [4.78, 5) is 16.3. The molecule has 0 fully saturated rings. The lowest BCUT2D eigenvalue weighted by Gasteiger charge is -2.24. The molecule has 2 aromatic carbocycles. The Hall–Kier alpha value is -2.95. The number of hydrogen-bond acceptors (Lipinski definition) is 3. The monoisotopic (exact) mass is 320 g/mol. The van der Waals surface area contributed by atoms with E-state index in [0.717, 1.165) is 16.9 Å². The predicted octanol–water partition coefficient (Wildman–Crippen LogP) is 3.57. The Kier molecular flexibility index (Phi) is 4.42. The van der Waals surface area contributed by atoms with Crippen molar-refractivity contribution >= 4 is 11.6 Å². The Morgan fingerprint density at radius 2 is 1.79 bits per heavy atom. The summed E-state index contributed by atoms with van der Waals surface area (Å²) in [5, 5.41) is 7.03. The quantitative estimate of drug-likeness (QED) is 0.782. The molecule has 1 amide bonds. The first-order valence-corrected chi connectivity index (χ1v) is 7.85. The van der Waals surface area contributed by atoms with Crippen LogP contribution < -0.4 is 5.32 Å². The fourth-order valence-electron chi connectivity index (χ4n) is 2.64. The van der Waals surface area contributed by atoms with Crippen molar-refractivity contribution in [1.82, 2.24) is 14.8 Å². The highest BCUT2D eigenvalue weighted by molar-refractivity contribution is 5.91. The summed E-state index contributed by atoms with van der Waals surface area (Å²) in [5.74, 6) is -0.00245. The number of carbonyl (C=O) groups is 1. The first-order valence-electron chi connectivity index (χ1n) is 7.85. The van der Waals surface area contributed by atoms with Crippen LogP contribution in [0.25, 0.3) is 5.69 Å². The van der Waals surface area contributed by atoms with Crippen molar-refractivity contribution in [2.45, 2.75) is 25.7 Å². The minimum Gasteiger partial charge on any atom is -0.326 e. The molecule has 0 spiro atoms. The van der Waals surface area contributed by atoms with Crippen LogP contribution in [0.1, 0.15) is 25.8 Å². The van der Waals surface area contributed by atoms with Crippen LogP contribution in [0, 0.1) is 0 Å². The normalized spacial score (nSPS) is 11.2. The fraction of sp³-hybridized carbons (Fsp3) is 0.211. The van der Waals surface area contributed by atoms with Gasteiger partial charge in [0.1, 0.15) is 12.7 Å². The smallest absolute Gasteiger partial charge is 0.225 e. The largest absolute Gasteiger partial charge is 0.326 e. The van der Waals surface area contributed by atoms with Crippen molar-refractivity contribution in [2.75, 3.05) is 5.32 Å². The number of carbonyl (C=O) groups excluding carboxylic acids is 1. The molecule has 1 aromatic heterocycles. The lowest BCUT2D eigenvalue weighted by molar-refractivity contribution is -0.117. The van der Waals surface area contributed by atoms with Crippen LogP contribution in [0.3, 0.4) is 0 Å². The highest BCUT2D eigenvalue weighted by Gasteiger charge is 2.24. The van der Waals surface area contributed by atoms with Crippen LogP contribution in [-0.2, 0) is 10.2 Å². The van der Waals surface area contributed by atoms with Crippen LogP contribution in [0.2, 0.25) is 0 Å². The van der Waals surface area contributed by atoms with Gasteiger partial charge in [0.25, 0.3) is 0 Å². The van der Waals surface area contributed by atoms with E-state index in [2.05, 4.69) is 41.4 Å². The Morgan fingerprint density at radius 1 is 1.08 bits per heavy atom. The summed E-state index contributed by atoms with van der Waals surface area (Å²) in [7, 11) is 0. The van der Waals surface area contributed by atoms with E-state index in [4.69, 9.17) is 0 Å². The van der Waals surface area contributed by atoms with Gasteiger partial charge in [-0.15, -0.1) is 0 Å². The van der Waals surface area contributed by atoms with Crippen LogP contribution in [0.4, 0.5) is 5.69 Å². The third kappa shape index (κ3) is 3.68. The van der Waals surface area contributed by atoms with Crippen LogP contribution >= 0.6 is 0 Å². The second-order valence-electron chi connectivity index (χ2n) is 6.36. The molecule has 1 N–H and O–H groups in total. The van der Waals surface area contributed by atoms with E-state index in [1.807, 2.05) is 42.5 Å². The number of aromatic nitrogens is 3. The maximum Gasteiger partial charge on any atom is 0.225 e. The highest BCUT2D eigenvalue weighted by Crippen LogP contribution is 2.27. The molecule has 1 heterocycles. The molecule has 0 bridgehead atoms. The SMILES string of the molecule is CC(C)(CC(=O)Nc1ccc(-n2cncn2)cc1)c1ccccc1. The maximum absolute atomic E-state index is 12.4. The van der Waals surface area contributed by atoms with Gasteiger partial charge in [-0.25, -0.2) is 9.67 Å². The van der Waals surface area contributed by atoms with E-state index in [9.17, 15) is 4.79 Å². The zero-order valence-electron chi connectivity index (χ0n) is 13.8. The third-order valence-corrected chi connectivity index (χ3v) is 3.99. The topological polar surface area (TPSA) is 59.8 Å². The van der Waals surface area contributed by atoms with E-state index in [1.54, 1.807) is 11.0 Å². The molecule has 5 nitrogen and oxygen atoms in total. The lowest BCUT2D eigenvalue weighted by atomic mass is 9.81. The van der Waals surface area contributed by atoms with Gasteiger partial charge in [-0.3, -0.25) is 4.79 Å². The van der Waals surface area contributed by atoms with Gasteiger partial charge in [0.05, 0.1) is 5.69 Å². The van der Waals surface area contributed by atoms with E-state index in [-0.39, 0.29) is 11.3 Å². The van der Waals surface area contributed by atoms with E-state index in [1.165, 1.54) is 6.33 Å². The number of benzene rings is 2. The van der Waals surface area contributed by atoms with Crippen molar-refractivity contribution in [2.24, 2.45) is 0 Å². The van der Waals surface area contributed by atoms with Gasteiger partial charge in [0.15, 0.2) is 0 Å². The van der Waals surface area contributed by atoms with Crippen molar-refractivity contribution in [3.8, 4) is 5.69 Å². The summed E-state index contributed by atoms with van der Waals surface area (Å²) < 4.78 is 1.67. The number of nitrogens with one attached hydrogen (secondary N) is 1. The lowest BCUT2D eigenvalue weighted by Crippen LogP contribution is -2.25. The molecular formula is C19H20N4O. The van der Waals surface area contributed by atoms with Crippen LogP contribution in [-0.4, -0.2) is 20.7 Å². The fourth-order valence-corrected chi connectivity index (χ4v) is 2.64. The molecule has 5 heteroatoms. The minimum atomic E-state index is -0.216. The number of nitrogens with zero attached hydrogens (tertiary/aromatic N) is 3. The maximum atomic E-state index is 12.4. The van der Waals surface area contributed by atoms with Crippen LogP contribution in [0.15, 0.2) is 67.3 Å². The Bertz CT molecular complexity index is 793. The summed E-state index contributed by atoms with van der Waals surface area (Å²) in [6.45, 7) is 4.16. The average molecular weight is 320 g/mol. The second kappa shape index (κ2) is 6.66. The van der Waals surface area contributed by atoms with Crippen molar-refractivity contribution in [1.29, 1.82) is 0 Å². The molecule has 0 aliphatic carbocycles. The first kappa shape index (κ1) is 15.9. The molecule has 0 radical (unpaired) electrons. The number of rotatable bonds is 5. The highest BCUT2D eigenvalue weighted by atomic mass is 16.1. The summed E-state index contributed by atoms with van der Waals surface area (Å²) >= 11 is 0. The first-order chi connectivity index (χ1) is 11.5. The van der Waals surface area contributed by atoms with Crippen molar-refractivity contribution < 1.29 is 4.79 Å². The Morgan fingerprint density at radius 3 is 2.42 bits per heavy atom. The summed E-state index contributed by atoms with van der Waals surface area (Å²) in [5.41, 5.74) is 2.61. The molecule has 3 rings (SSSR count). The Balaban J connectivity index is 1.64. The number of hydrogen-bond donors (Lipinski definition) is 1. The van der Waals surface area contributed by atoms with Gasteiger partial charge in [-0.2, -0.15) is 5.10 Å². The van der Waals surface area contributed by atoms with Crippen molar-refractivity contribution in [3.05, 3.63) is 72.8 Å². The molecule has 24 heavy (non-hydrogen) atoms. The van der Waals surface area contributed by atoms with E-state index < -0.39 is 0 Å². The van der Waals surface area contributed by atoms with Gasteiger partial charge >= 0.3 is 0 Å². The number of amides is 1. The molecule has 122 valence electrons. The van der Waals surface area contributed by atoms with Gasteiger partial charge < -0.3 is 5.32 Å². The minimum absolute atomic E-state index is 0.00245. The second-order valence-corrected chi connectivity index (χ2v) is 6.36. The Labute approximate surface area is 141 Å². The molecule has 0 saturated heterocycles. The average Bonchev–Trinajstić information content (AvgIpc) is 3.10. The van der Waals surface area contributed by atoms with Gasteiger partial charge in [0.2, 0.25) is 5.91 Å². The standard InChI is InChI=1S/C19H20N4O/c1-19(2,15-6-4-3-5-7-15)12-18(24)22-16-8-10-17(11-9-16)23-14-20-13-21-23/h3-11,13-14H,12H2,1-2H3,(H,22,24). The molecule has 3 aromatic rings. The molecule has 0 aliphatic rings. The van der Waals surface area contributed by atoms with Gasteiger partial charge in [-0.05, 0) is 35.2 Å². The van der Waals surface area contributed by atoms with E-state index in [0.29, 0.717) is 6.42 Å². The number of anilines is 1. The summed E-state index contributed by atoms with van der Waals surface area (Å²) in [6.07, 6.45) is 3.54. The molecule has 0 aliphatic heterocycles. The zero-order valence-corrected chi connectivity index (χ0v) is 13.8. The molecule has 0 saturated carbocycles. The molecule has 0 unspecified atom stereocenters. The molecule has 0 atom stereocenters. The third-order valence-electron chi connectivity index (χ3n) is 3.99. The van der Waals surface area contributed by atoms with Gasteiger partial charge in [-0.1, -0.05) is 44.2 Å². The molecular weight excluding hydrogens is 300 g/mol. The van der Waals surface area contributed by atoms with Crippen LogP contribution in [0.5, 0.6) is 0 Å². The zero-order chi connectivity index (χ0) is 17.0. The van der Waals surface area contributed by atoms with Gasteiger partial charge in [0, 0.05) is 12.1 Å². The van der Waals surface area contributed by atoms with E-state index >= 15 is 0 Å². The predicted molar refractivity (Wildman–Crippen MR) is 94.1 cm³/mol.